The first-order valence-corrected chi connectivity index (χ1v) is 12.3. The molecule has 34 heavy (non-hydrogen) atoms. The first-order valence-electron chi connectivity index (χ1n) is 10.8. The molecular formula is C26H22N4O3S. The molecule has 0 saturated carbocycles. The zero-order valence-corrected chi connectivity index (χ0v) is 19.5. The van der Waals surface area contributed by atoms with E-state index in [9.17, 15) is 13.2 Å². The Morgan fingerprint density at radius 3 is 2.03 bits per heavy atom. The van der Waals surface area contributed by atoms with Gasteiger partial charge in [-0.25, -0.2) is 18.4 Å². The highest BCUT2D eigenvalue weighted by Gasteiger charge is 2.33. The number of fused-ring (bicyclic) bond motifs is 2. The second kappa shape index (κ2) is 8.39. The molecule has 5 aromatic rings. The van der Waals surface area contributed by atoms with E-state index in [2.05, 4.69) is 5.32 Å². The summed E-state index contributed by atoms with van der Waals surface area (Å²) in [5.74, 6) is -0.239. The van der Waals surface area contributed by atoms with Crippen LogP contribution >= 0.6 is 0 Å². The summed E-state index contributed by atoms with van der Waals surface area (Å²) in [6, 6.07) is 24.8. The van der Waals surface area contributed by atoms with E-state index in [-0.39, 0.29) is 27.2 Å². The SMILES string of the molecule is CC(=O)Nc1c(S(=O)(=O)c2ccccc2)c2nc3ccccc3nc2n1C(C)c1ccccc1. The zero-order chi connectivity index (χ0) is 23.9. The maximum absolute atomic E-state index is 13.9. The molecule has 1 amide bonds. The largest absolute Gasteiger partial charge is 0.311 e. The Kier molecular flexibility index (Phi) is 5.37. The van der Waals surface area contributed by atoms with Gasteiger partial charge in [-0.05, 0) is 36.8 Å². The molecule has 0 fully saturated rings. The highest BCUT2D eigenvalue weighted by atomic mass is 32.2. The van der Waals surface area contributed by atoms with E-state index < -0.39 is 15.7 Å². The number of rotatable bonds is 5. The normalized spacial score (nSPS) is 12.6. The minimum Gasteiger partial charge on any atom is -0.311 e. The van der Waals surface area contributed by atoms with Gasteiger partial charge in [0.1, 0.15) is 16.2 Å². The number of nitrogens with one attached hydrogen (secondary N) is 1. The van der Waals surface area contributed by atoms with Crippen LogP contribution in [0, 0.1) is 0 Å². The number of carbonyl (C=O) groups is 1. The Morgan fingerprint density at radius 2 is 1.41 bits per heavy atom. The number of anilines is 1. The van der Waals surface area contributed by atoms with E-state index >= 15 is 0 Å². The maximum Gasteiger partial charge on any atom is 0.222 e. The summed E-state index contributed by atoms with van der Waals surface area (Å²) in [6.45, 7) is 3.29. The van der Waals surface area contributed by atoms with Gasteiger partial charge in [0.25, 0.3) is 0 Å². The van der Waals surface area contributed by atoms with Gasteiger partial charge in [-0.1, -0.05) is 60.7 Å². The number of para-hydroxylation sites is 2. The van der Waals surface area contributed by atoms with E-state index in [0.29, 0.717) is 16.7 Å². The number of hydrogen-bond donors (Lipinski definition) is 1. The fourth-order valence-corrected chi connectivity index (χ4v) is 5.70. The number of carbonyl (C=O) groups excluding carboxylic acids is 1. The van der Waals surface area contributed by atoms with Crippen molar-refractivity contribution in [1.82, 2.24) is 14.5 Å². The molecule has 0 aliphatic rings. The lowest BCUT2D eigenvalue weighted by Crippen LogP contribution is -2.17. The molecule has 1 atom stereocenters. The van der Waals surface area contributed by atoms with E-state index in [1.165, 1.54) is 19.1 Å². The molecular weight excluding hydrogens is 448 g/mol. The number of sulfone groups is 1. The Morgan fingerprint density at radius 1 is 0.853 bits per heavy atom. The van der Waals surface area contributed by atoms with Crippen LogP contribution in [0.1, 0.15) is 25.5 Å². The molecule has 0 bridgehead atoms. The molecule has 8 heteroatoms. The Bertz CT molecular complexity index is 1630. The van der Waals surface area contributed by atoms with Crippen LogP contribution in [0.5, 0.6) is 0 Å². The number of aromatic nitrogens is 3. The summed E-state index contributed by atoms with van der Waals surface area (Å²) in [5, 5.41) is 2.78. The molecule has 0 aliphatic heterocycles. The van der Waals surface area contributed by atoms with Crippen molar-refractivity contribution in [3.63, 3.8) is 0 Å². The first kappa shape index (κ1) is 21.8. The summed E-state index contributed by atoms with van der Waals surface area (Å²) >= 11 is 0. The van der Waals surface area contributed by atoms with Crippen LogP contribution in [0.25, 0.3) is 22.2 Å². The third kappa shape index (κ3) is 3.62. The third-order valence-corrected chi connectivity index (χ3v) is 7.55. The quantitative estimate of drug-likeness (QED) is 0.391. The monoisotopic (exact) mass is 470 g/mol. The second-order valence-electron chi connectivity index (χ2n) is 8.02. The molecule has 0 radical (unpaired) electrons. The lowest BCUT2D eigenvalue weighted by atomic mass is 10.1. The molecule has 2 aromatic heterocycles. The molecule has 0 aliphatic carbocycles. The van der Waals surface area contributed by atoms with Gasteiger partial charge >= 0.3 is 0 Å². The molecule has 1 unspecified atom stereocenters. The topological polar surface area (TPSA) is 93.9 Å². The van der Waals surface area contributed by atoms with Crippen molar-refractivity contribution in [3.05, 3.63) is 90.5 Å². The van der Waals surface area contributed by atoms with Crippen LogP contribution in [-0.2, 0) is 14.6 Å². The van der Waals surface area contributed by atoms with Crippen molar-refractivity contribution in [2.75, 3.05) is 5.32 Å². The van der Waals surface area contributed by atoms with Gasteiger partial charge in [-0.2, -0.15) is 0 Å². The van der Waals surface area contributed by atoms with Gasteiger partial charge in [0.2, 0.25) is 15.7 Å². The van der Waals surface area contributed by atoms with Crippen LogP contribution in [0.2, 0.25) is 0 Å². The molecule has 170 valence electrons. The Hall–Kier alpha value is -4.04. The maximum atomic E-state index is 13.9. The Labute approximate surface area is 197 Å². The zero-order valence-electron chi connectivity index (χ0n) is 18.6. The van der Waals surface area contributed by atoms with E-state index in [1.807, 2.05) is 55.5 Å². The van der Waals surface area contributed by atoms with Crippen LogP contribution in [0.15, 0.2) is 94.7 Å². The van der Waals surface area contributed by atoms with Crippen LogP contribution < -0.4 is 5.32 Å². The number of nitrogens with zero attached hydrogens (tertiary/aromatic N) is 3. The highest BCUT2D eigenvalue weighted by molar-refractivity contribution is 7.92. The minimum absolute atomic E-state index is 0.0649. The van der Waals surface area contributed by atoms with Gasteiger partial charge in [0, 0.05) is 6.92 Å². The highest BCUT2D eigenvalue weighted by Crippen LogP contribution is 2.40. The van der Waals surface area contributed by atoms with Crippen molar-refractivity contribution < 1.29 is 13.2 Å². The van der Waals surface area contributed by atoms with Crippen molar-refractivity contribution in [2.24, 2.45) is 0 Å². The second-order valence-corrected chi connectivity index (χ2v) is 9.90. The Balaban J connectivity index is 1.93. The fraction of sp³-hybridized carbons (Fsp3) is 0.115. The molecule has 1 N–H and O–H groups in total. The average molecular weight is 471 g/mol. The van der Waals surface area contributed by atoms with Crippen molar-refractivity contribution in [1.29, 1.82) is 0 Å². The van der Waals surface area contributed by atoms with Gasteiger partial charge in [-0.3, -0.25) is 4.79 Å². The smallest absolute Gasteiger partial charge is 0.222 e. The van der Waals surface area contributed by atoms with E-state index in [4.69, 9.17) is 9.97 Å². The molecule has 0 saturated heterocycles. The predicted octanol–water partition coefficient (Wildman–Crippen LogP) is 4.99. The summed E-state index contributed by atoms with van der Waals surface area (Å²) in [7, 11) is -4.04. The third-order valence-electron chi connectivity index (χ3n) is 5.74. The van der Waals surface area contributed by atoms with Crippen molar-refractivity contribution in [3.8, 4) is 0 Å². The molecule has 3 aromatic carbocycles. The summed E-state index contributed by atoms with van der Waals surface area (Å²) < 4.78 is 29.6. The molecule has 5 rings (SSSR count). The van der Waals surface area contributed by atoms with Crippen LogP contribution in [-0.4, -0.2) is 28.9 Å². The van der Waals surface area contributed by atoms with Crippen LogP contribution in [0.3, 0.4) is 0 Å². The first-order chi connectivity index (χ1) is 16.4. The summed E-state index contributed by atoms with van der Waals surface area (Å²) in [4.78, 5) is 21.9. The van der Waals surface area contributed by atoms with Gasteiger partial charge in [-0.15, -0.1) is 0 Å². The van der Waals surface area contributed by atoms with Gasteiger partial charge in [0.05, 0.1) is 22.0 Å². The number of hydrogen-bond acceptors (Lipinski definition) is 5. The van der Waals surface area contributed by atoms with Gasteiger partial charge in [0.15, 0.2) is 5.65 Å². The van der Waals surface area contributed by atoms with Crippen molar-refractivity contribution >= 4 is 43.8 Å². The molecule has 0 spiro atoms. The van der Waals surface area contributed by atoms with Crippen LogP contribution in [0.4, 0.5) is 5.82 Å². The fourth-order valence-electron chi connectivity index (χ4n) is 4.15. The lowest BCUT2D eigenvalue weighted by Gasteiger charge is -2.19. The number of benzene rings is 3. The van der Waals surface area contributed by atoms with Gasteiger partial charge < -0.3 is 9.88 Å². The molecule has 2 heterocycles. The van der Waals surface area contributed by atoms with E-state index in [0.717, 1.165) is 5.56 Å². The predicted molar refractivity (Wildman–Crippen MR) is 131 cm³/mol. The lowest BCUT2D eigenvalue weighted by molar-refractivity contribution is -0.114. The summed E-state index contributed by atoms with van der Waals surface area (Å²) in [6.07, 6.45) is 0. The standard InChI is InChI=1S/C26H22N4O3S/c1-17(19-11-5-3-6-12-19)30-25-23(28-21-15-9-10-16-22(21)29-25)24(26(30)27-18(2)31)34(32,33)20-13-7-4-8-14-20/h3-17H,1-2H3,(H,27,31). The number of amides is 1. The van der Waals surface area contributed by atoms with Crippen molar-refractivity contribution in [2.45, 2.75) is 29.7 Å². The average Bonchev–Trinajstić information content (AvgIpc) is 3.15. The van der Waals surface area contributed by atoms with E-state index in [1.54, 1.807) is 28.8 Å². The minimum atomic E-state index is -4.04. The summed E-state index contributed by atoms with van der Waals surface area (Å²) in [5.41, 5.74) is 2.73. The molecule has 7 nitrogen and oxygen atoms in total.